The van der Waals surface area contributed by atoms with Crippen LogP contribution in [0.1, 0.15) is 16.7 Å². The molecular weight excluding hydrogens is 364 g/mol. The molecule has 0 unspecified atom stereocenters. The van der Waals surface area contributed by atoms with Gasteiger partial charge in [-0.05, 0) is 66.1 Å². The number of ether oxygens (including phenoxy) is 2. The zero-order valence-corrected chi connectivity index (χ0v) is 16.9. The molecule has 0 saturated heterocycles. The Morgan fingerprint density at radius 1 is 1.07 bits per heavy atom. The molecule has 5 nitrogen and oxygen atoms in total. The number of nitrogens with zero attached hydrogens (tertiary/aromatic N) is 1. The Labute approximate surface area is 170 Å². The molecule has 1 N–H and O–H groups in total. The largest absolute Gasteiger partial charge is 0.497 e. The molecule has 3 aromatic rings. The van der Waals surface area contributed by atoms with Crippen LogP contribution in [-0.2, 0) is 4.79 Å². The Balaban J connectivity index is 2.08. The lowest BCUT2D eigenvalue weighted by atomic mass is 10.0. The van der Waals surface area contributed by atoms with Gasteiger partial charge in [-0.1, -0.05) is 24.3 Å². The van der Waals surface area contributed by atoms with Crippen LogP contribution in [0.5, 0.6) is 11.5 Å². The maximum atomic E-state index is 12.8. The van der Waals surface area contributed by atoms with Crippen LogP contribution in [0.25, 0.3) is 16.8 Å². The number of anilines is 1. The fraction of sp³-hybridized carbons (Fsp3) is 0.167. The van der Waals surface area contributed by atoms with Crippen molar-refractivity contribution in [3.63, 3.8) is 0 Å². The third kappa shape index (κ3) is 4.07. The number of methoxy groups -OCH3 is 2. The van der Waals surface area contributed by atoms with E-state index < -0.39 is 5.91 Å². The summed E-state index contributed by atoms with van der Waals surface area (Å²) in [7, 11) is 3.15. The molecule has 0 heterocycles. The van der Waals surface area contributed by atoms with Crippen molar-refractivity contribution in [3.8, 4) is 17.6 Å². The number of amides is 1. The lowest BCUT2D eigenvalue weighted by molar-refractivity contribution is -0.112. The average Bonchev–Trinajstić information content (AvgIpc) is 2.74. The van der Waals surface area contributed by atoms with E-state index in [9.17, 15) is 10.1 Å². The lowest BCUT2D eigenvalue weighted by Crippen LogP contribution is -2.14. The molecular formula is C24H22N2O3. The summed E-state index contributed by atoms with van der Waals surface area (Å²) in [6.07, 6.45) is 1.56. The highest BCUT2D eigenvalue weighted by molar-refractivity contribution is 6.11. The summed E-state index contributed by atoms with van der Waals surface area (Å²) in [5.41, 5.74) is 3.34. The average molecular weight is 386 g/mol. The standard InChI is InChI=1S/C24H22N2O3/c1-15-6-5-7-22(16(15)2)26-24(27)18(14-25)12-21-20-13-19(28-3)10-8-17(20)9-11-23(21)29-4/h5-13H,1-4H3,(H,26,27)/b18-12+. The number of benzene rings is 3. The maximum absolute atomic E-state index is 12.8. The van der Waals surface area contributed by atoms with Crippen molar-refractivity contribution in [2.45, 2.75) is 13.8 Å². The van der Waals surface area contributed by atoms with Gasteiger partial charge < -0.3 is 14.8 Å². The van der Waals surface area contributed by atoms with Gasteiger partial charge in [0.15, 0.2) is 0 Å². The number of rotatable bonds is 5. The van der Waals surface area contributed by atoms with Crippen LogP contribution in [0.15, 0.2) is 54.1 Å². The van der Waals surface area contributed by atoms with Gasteiger partial charge in [-0.3, -0.25) is 4.79 Å². The minimum absolute atomic E-state index is 0.0143. The van der Waals surface area contributed by atoms with E-state index in [0.29, 0.717) is 22.7 Å². The van der Waals surface area contributed by atoms with Crippen molar-refractivity contribution in [2.24, 2.45) is 0 Å². The minimum Gasteiger partial charge on any atom is -0.497 e. The number of carbonyl (C=O) groups excluding carboxylic acids is 1. The number of hydrogen-bond acceptors (Lipinski definition) is 4. The van der Waals surface area contributed by atoms with Crippen LogP contribution in [0, 0.1) is 25.2 Å². The molecule has 0 saturated carbocycles. The predicted octanol–water partition coefficient (Wildman–Crippen LogP) is 5.02. The number of aryl methyl sites for hydroxylation is 1. The van der Waals surface area contributed by atoms with Crippen molar-refractivity contribution in [2.75, 3.05) is 19.5 Å². The molecule has 0 atom stereocenters. The second-order valence-corrected chi connectivity index (χ2v) is 6.64. The topological polar surface area (TPSA) is 71.3 Å². The van der Waals surface area contributed by atoms with Gasteiger partial charge in [-0.2, -0.15) is 5.26 Å². The molecule has 0 spiro atoms. The van der Waals surface area contributed by atoms with E-state index >= 15 is 0 Å². The first-order valence-electron chi connectivity index (χ1n) is 9.12. The SMILES string of the molecule is COc1ccc2ccc(OC)c(/C=C(\C#N)C(=O)Nc3cccc(C)c3C)c2c1. The van der Waals surface area contributed by atoms with Crippen molar-refractivity contribution >= 4 is 28.4 Å². The summed E-state index contributed by atoms with van der Waals surface area (Å²) in [4.78, 5) is 12.8. The third-order valence-electron chi connectivity index (χ3n) is 4.96. The second-order valence-electron chi connectivity index (χ2n) is 6.64. The molecule has 146 valence electrons. The molecule has 3 aromatic carbocycles. The zero-order chi connectivity index (χ0) is 21.0. The second kappa shape index (κ2) is 8.49. The van der Waals surface area contributed by atoms with Gasteiger partial charge in [0.25, 0.3) is 5.91 Å². The molecule has 3 rings (SSSR count). The quantitative estimate of drug-likeness (QED) is 0.494. The molecule has 0 aliphatic heterocycles. The zero-order valence-electron chi connectivity index (χ0n) is 16.9. The van der Waals surface area contributed by atoms with Gasteiger partial charge in [0.1, 0.15) is 23.1 Å². The lowest BCUT2D eigenvalue weighted by Gasteiger charge is -2.12. The van der Waals surface area contributed by atoms with E-state index in [1.54, 1.807) is 20.3 Å². The third-order valence-corrected chi connectivity index (χ3v) is 4.96. The Hall–Kier alpha value is -3.78. The van der Waals surface area contributed by atoms with Crippen LogP contribution in [-0.4, -0.2) is 20.1 Å². The summed E-state index contributed by atoms with van der Waals surface area (Å²) < 4.78 is 10.8. The van der Waals surface area contributed by atoms with Gasteiger partial charge in [0, 0.05) is 11.3 Å². The van der Waals surface area contributed by atoms with Crippen LogP contribution in [0.2, 0.25) is 0 Å². The summed E-state index contributed by atoms with van der Waals surface area (Å²) in [5.74, 6) is 0.778. The Bertz CT molecular complexity index is 1150. The Morgan fingerprint density at radius 3 is 2.52 bits per heavy atom. The van der Waals surface area contributed by atoms with E-state index in [1.807, 2.05) is 68.4 Å². The first-order chi connectivity index (χ1) is 14.0. The van der Waals surface area contributed by atoms with Crippen molar-refractivity contribution < 1.29 is 14.3 Å². The Morgan fingerprint density at radius 2 is 1.83 bits per heavy atom. The molecule has 0 radical (unpaired) electrons. The number of nitrogens with one attached hydrogen (secondary N) is 1. The van der Waals surface area contributed by atoms with E-state index in [4.69, 9.17) is 9.47 Å². The van der Waals surface area contributed by atoms with Crippen molar-refractivity contribution in [3.05, 3.63) is 70.8 Å². The molecule has 0 bridgehead atoms. The molecule has 1 amide bonds. The summed E-state index contributed by atoms with van der Waals surface area (Å²) in [6.45, 7) is 3.90. The smallest absolute Gasteiger partial charge is 0.266 e. The van der Waals surface area contributed by atoms with Crippen LogP contribution >= 0.6 is 0 Å². The minimum atomic E-state index is -0.469. The normalized spacial score (nSPS) is 11.1. The number of hydrogen-bond donors (Lipinski definition) is 1. The molecule has 0 aromatic heterocycles. The monoisotopic (exact) mass is 386 g/mol. The van der Waals surface area contributed by atoms with Crippen molar-refractivity contribution in [1.29, 1.82) is 5.26 Å². The fourth-order valence-electron chi connectivity index (χ4n) is 3.12. The maximum Gasteiger partial charge on any atom is 0.266 e. The molecule has 0 aliphatic rings. The van der Waals surface area contributed by atoms with E-state index in [2.05, 4.69) is 5.32 Å². The highest BCUT2D eigenvalue weighted by atomic mass is 16.5. The predicted molar refractivity (Wildman–Crippen MR) is 115 cm³/mol. The summed E-state index contributed by atoms with van der Waals surface area (Å²) in [6, 6.07) is 17.1. The number of carbonyl (C=O) groups is 1. The highest BCUT2D eigenvalue weighted by Crippen LogP contribution is 2.32. The first kappa shape index (κ1) is 20.0. The molecule has 29 heavy (non-hydrogen) atoms. The van der Waals surface area contributed by atoms with Crippen molar-refractivity contribution in [1.82, 2.24) is 0 Å². The van der Waals surface area contributed by atoms with Gasteiger partial charge in [0.2, 0.25) is 0 Å². The summed E-state index contributed by atoms with van der Waals surface area (Å²) in [5, 5.41) is 14.3. The van der Waals surface area contributed by atoms with Crippen LogP contribution in [0.4, 0.5) is 5.69 Å². The number of fused-ring (bicyclic) bond motifs is 1. The van der Waals surface area contributed by atoms with Gasteiger partial charge in [-0.15, -0.1) is 0 Å². The van der Waals surface area contributed by atoms with Gasteiger partial charge in [-0.25, -0.2) is 0 Å². The molecule has 0 aliphatic carbocycles. The summed E-state index contributed by atoms with van der Waals surface area (Å²) >= 11 is 0. The van der Waals surface area contributed by atoms with Gasteiger partial charge >= 0.3 is 0 Å². The number of nitriles is 1. The molecule has 5 heteroatoms. The van der Waals surface area contributed by atoms with Crippen LogP contribution < -0.4 is 14.8 Å². The Kier molecular flexibility index (Phi) is 5.85. The first-order valence-corrected chi connectivity index (χ1v) is 9.12. The fourth-order valence-corrected chi connectivity index (χ4v) is 3.12. The van der Waals surface area contributed by atoms with E-state index in [-0.39, 0.29) is 5.57 Å². The van der Waals surface area contributed by atoms with Crippen LogP contribution in [0.3, 0.4) is 0 Å². The highest BCUT2D eigenvalue weighted by Gasteiger charge is 2.15. The van der Waals surface area contributed by atoms with E-state index in [1.165, 1.54) is 0 Å². The van der Waals surface area contributed by atoms with Gasteiger partial charge in [0.05, 0.1) is 14.2 Å². The molecule has 0 fully saturated rings. The van der Waals surface area contributed by atoms with E-state index in [0.717, 1.165) is 21.9 Å².